The third kappa shape index (κ3) is 4.72. The van der Waals surface area contributed by atoms with Gasteiger partial charge in [0, 0.05) is 47.8 Å². The SMILES string of the molecule is C1=C(C2=Cc3oc4cccc(-c5nc(-c6ccc(-c7ccccc7)cc6)nc(-c6ccc7sc8ccccc8c7c6)n5)c4c32)C2=C1C1(c3ccccc32)c2ccccc2-c2ccccc21. The van der Waals surface area contributed by atoms with Gasteiger partial charge in [0.2, 0.25) is 0 Å². The normalized spacial score (nSPS) is 14.7. The second kappa shape index (κ2) is 12.9. The van der Waals surface area contributed by atoms with E-state index in [0.29, 0.717) is 17.5 Å². The number of aromatic nitrogens is 3. The maximum Gasteiger partial charge on any atom is 0.164 e. The second-order valence-corrected chi connectivity index (χ2v) is 18.5. The summed E-state index contributed by atoms with van der Waals surface area (Å²) in [4.78, 5) is 15.9. The Labute approximate surface area is 377 Å². The van der Waals surface area contributed by atoms with Gasteiger partial charge in [0.15, 0.2) is 17.5 Å². The number of rotatable bonds is 5. The minimum absolute atomic E-state index is 0.353. The quantitative estimate of drug-likeness (QED) is 0.173. The lowest BCUT2D eigenvalue weighted by Crippen LogP contribution is -2.28. The molecule has 65 heavy (non-hydrogen) atoms. The van der Waals surface area contributed by atoms with Crippen LogP contribution in [0.25, 0.3) is 105 Å². The zero-order chi connectivity index (χ0) is 42.4. The summed E-state index contributed by atoms with van der Waals surface area (Å²) in [5.74, 6) is 2.75. The van der Waals surface area contributed by atoms with Gasteiger partial charge in [-0.25, -0.2) is 15.0 Å². The van der Waals surface area contributed by atoms with Crippen LogP contribution in [-0.2, 0) is 5.41 Å². The van der Waals surface area contributed by atoms with Crippen LogP contribution in [0.3, 0.4) is 0 Å². The van der Waals surface area contributed by atoms with Gasteiger partial charge in [-0.3, -0.25) is 0 Å². The second-order valence-electron chi connectivity index (χ2n) is 17.4. The van der Waals surface area contributed by atoms with Crippen LogP contribution in [0.5, 0.6) is 0 Å². The molecule has 0 unspecified atom stereocenters. The van der Waals surface area contributed by atoms with Crippen LogP contribution in [0, 0.1) is 0 Å². The monoisotopic (exact) mass is 843 g/mol. The van der Waals surface area contributed by atoms with Gasteiger partial charge in [0.05, 0.1) is 5.41 Å². The van der Waals surface area contributed by atoms with Gasteiger partial charge in [-0.2, -0.15) is 0 Å². The summed E-state index contributed by atoms with van der Waals surface area (Å²) in [5.41, 5.74) is 19.8. The molecule has 15 rings (SSSR count). The highest BCUT2D eigenvalue weighted by molar-refractivity contribution is 7.25. The van der Waals surface area contributed by atoms with Crippen molar-refractivity contribution in [2.75, 3.05) is 0 Å². The van der Waals surface area contributed by atoms with Gasteiger partial charge < -0.3 is 4.42 Å². The van der Waals surface area contributed by atoms with E-state index in [2.05, 4.69) is 194 Å². The van der Waals surface area contributed by atoms with Gasteiger partial charge in [-0.05, 0) is 109 Å². The Bertz CT molecular complexity index is 3950. The molecule has 300 valence electrons. The Morgan fingerprint density at radius 3 is 1.78 bits per heavy atom. The van der Waals surface area contributed by atoms with E-state index in [4.69, 9.17) is 19.4 Å². The molecule has 0 bridgehead atoms. The Balaban J connectivity index is 0.887. The van der Waals surface area contributed by atoms with Gasteiger partial charge in [-0.1, -0.05) is 158 Å². The number of thiophene rings is 1. The fraction of sp³-hybridized carbons (Fsp3) is 0.0167. The summed E-state index contributed by atoms with van der Waals surface area (Å²) in [7, 11) is 0. The Hall–Kier alpha value is -8.25. The van der Waals surface area contributed by atoms with Crippen LogP contribution >= 0.6 is 11.3 Å². The van der Waals surface area contributed by atoms with Crippen molar-refractivity contribution in [2.45, 2.75) is 5.41 Å². The molecule has 5 heteroatoms. The van der Waals surface area contributed by atoms with Crippen molar-refractivity contribution in [3.05, 3.63) is 239 Å². The molecule has 0 fully saturated rings. The first-order valence-corrected chi connectivity index (χ1v) is 22.9. The Kier molecular flexibility index (Phi) is 7.00. The van der Waals surface area contributed by atoms with Gasteiger partial charge in [0.1, 0.15) is 11.3 Å². The summed E-state index contributed by atoms with van der Waals surface area (Å²) in [6.07, 6.45) is 4.67. The molecule has 11 aromatic rings. The number of furan rings is 1. The lowest BCUT2D eigenvalue weighted by molar-refractivity contribution is 0.600. The summed E-state index contributed by atoms with van der Waals surface area (Å²) in [6.45, 7) is 0. The molecule has 0 N–H and O–H groups in total. The third-order valence-corrected chi connectivity index (χ3v) is 15.3. The molecule has 4 nitrogen and oxygen atoms in total. The third-order valence-electron chi connectivity index (χ3n) is 14.1. The van der Waals surface area contributed by atoms with Crippen molar-refractivity contribution in [1.29, 1.82) is 0 Å². The zero-order valence-electron chi connectivity index (χ0n) is 34.7. The van der Waals surface area contributed by atoms with E-state index in [1.54, 1.807) is 0 Å². The smallest absolute Gasteiger partial charge is 0.164 e. The molecule has 0 saturated heterocycles. The van der Waals surface area contributed by atoms with E-state index < -0.39 is 0 Å². The summed E-state index contributed by atoms with van der Waals surface area (Å²) >= 11 is 1.81. The highest BCUT2D eigenvalue weighted by atomic mass is 32.1. The first-order chi connectivity index (χ1) is 32.2. The molecule has 0 aliphatic heterocycles. The van der Waals surface area contributed by atoms with Crippen LogP contribution in [0.15, 0.2) is 210 Å². The lowest BCUT2D eigenvalue weighted by Gasteiger charge is -2.35. The first-order valence-electron chi connectivity index (χ1n) is 22.1. The van der Waals surface area contributed by atoms with Crippen molar-refractivity contribution in [3.8, 4) is 56.4 Å². The number of fused-ring (bicyclic) bond motifs is 15. The fourth-order valence-electron chi connectivity index (χ4n) is 11.3. The molecule has 0 atom stereocenters. The van der Waals surface area contributed by atoms with E-state index in [1.807, 2.05) is 17.4 Å². The largest absolute Gasteiger partial charge is 0.456 e. The summed E-state index contributed by atoms with van der Waals surface area (Å²) < 4.78 is 9.14. The van der Waals surface area contributed by atoms with Crippen molar-refractivity contribution >= 4 is 59.7 Å². The van der Waals surface area contributed by atoms with E-state index in [1.165, 1.54) is 81.4 Å². The van der Waals surface area contributed by atoms with Crippen molar-refractivity contribution in [1.82, 2.24) is 15.0 Å². The number of hydrogen-bond donors (Lipinski definition) is 0. The molecule has 0 amide bonds. The number of allylic oxidation sites excluding steroid dienone is 5. The minimum atomic E-state index is -0.353. The molecule has 0 saturated carbocycles. The van der Waals surface area contributed by atoms with E-state index in [0.717, 1.165) is 44.5 Å². The Morgan fingerprint density at radius 1 is 0.415 bits per heavy atom. The van der Waals surface area contributed by atoms with Crippen LogP contribution in [-0.4, -0.2) is 15.0 Å². The van der Waals surface area contributed by atoms with E-state index >= 15 is 0 Å². The first kappa shape index (κ1) is 35.2. The van der Waals surface area contributed by atoms with Crippen molar-refractivity contribution < 1.29 is 4.42 Å². The minimum Gasteiger partial charge on any atom is -0.456 e. The predicted molar refractivity (Wildman–Crippen MR) is 265 cm³/mol. The van der Waals surface area contributed by atoms with Crippen LogP contribution in [0.4, 0.5) is 0 Å². The summed E-state index contributed by atoms with van der Waals surface area (Å²) in [5, 5.41) is 3.46. The topological polar surface area (TPSA) is 51.8 Å². The lowest BCUT2D eigenvalue weighted by atomic mass is 9.66. The van der Waals surface area contributed by atoms with Gasteiger partial charge in [0.25, 0.3) is 0 Å². The standard InChI is InChI=1S/C60H33N3OS/c1-2-13-34(14-3-1)35-25-27-36(28-26-35)57-61-58(37-29-30-53-43(31-37)40-17-7-11-24-52(40)65-53)63-59(62-57)42-19-12-23-50-55(42)56-45(33-51(56)64-50)44-32-49-54(44)41-18-6-10-22-48(41)60(49)46-20-8-4-15-38(46)39-16-5-9-21-47(39)60/h1-33H. The maximum atomic E-state index is 6.64. The number of benzene rings is 8. The molecular weight excluding hydrogens is 811 g/mol. The highest BCUT2D eigenvalue weighted by Gasteiger charge is 2.55. The average molecular weight is 844 g/mol. The molecule has 1 spiro atoms. The number of nitrogens with zero attached hydrogens (tertiary/aromatic N) is 3. The molecule has 4 aliphatic rings. The van der Waals surface area contributed by atoms with Crippen LogP contribution < -0.4 is 0 Å². The van der Waals surface area contributed by atoms with E-state index in [9.17, 15) is 0 Å². The van der Waals surface area contributed by atoms with Crippen LogP contribution in [0.1, 0.15) is 33.6 Å². The van der Waals surface area contributed by atoms with Crippen molar-refractivity contribution in [2.24, 2.45) is 0 Å². The highest BCUT2D eigenvalue weighted by Crippen LogP contribution is 2.68. The molecule has 3 heterocycles. The zero-order valence-corrected chi connectivity index (χ0v) is 35.5. The fourth-order valence-corrected chi connectivity index (χ4v) is 12.4. The summed E-state index contributed by atoms with van der Waals surface area (Å²) in [6, 6.07) is 67.4. The molecule has 8 aromatic carbocycles. The van der Waals surface area contributed by atoms with Gasteiger partial charge in [-0.15, -0.1) is 11.3 Å². The van der Waals surface area contributed by atoms with Crippen molar-refractivity contribution in [3.63, 3.8) is 0 Å². The van der Waals surface area contributed by atoms with Gasteiger partial charge >= 0.3 is 0 Å². The molecule has 4 aliphatic carbocycles. The molecule has 0 radical (unpaired) electrons. The Morgan fingerprint density at radius 2 is 1.00 bits per heavy atom. The predicted octanol–water partition coefficient (Wildman–Crippen LogP) is 15.2. The maximum absolute atomic E-state index is 6.64. The molecule has 3 aromatic heterocycles. The molecular formula is C60H33N3OS. The van der Waals surface area contributed by atoms with E-state index in [-0.39, 0.29) is 5.41 Å². The number of hydrogen-bond acceptors (Lipinski definition) is 5. The average Bonchev–Trinajstić information content (AvgIpc) is 4.04. The van der Waals surface area contributed by atoms with Crippen LogP contribution in [0.2, 0.25) is 0 Å².